The Hall–Kier alpha value is -1.35. The minimum atomic E-state index is -0.734. The van der Waals surface area contributed by atoms with Crippen molar-refractivity contribution in [1.29, 1.82) is 0 Å². The number of rotatable bonds is 4. The van der Waals surface area contributed by atoms with Gasteiger partial charge in [0.05, 0.1) is 5.54 Å². The van der Waals surface area contributed by atoms with Crippen LogP contribution in [0.25, 0.3) is 0 Å². The Kier molecular flexibility index (Phi) is 3.20. The molecule has 3 N–H and O–H groups in total. The topological polar surface area (TPSA) is 55.1 Å². The summed E-state index contributed by atoms with van der Waals surface area (Å²) in [6.07, 6.45) is 3.09. The van der Waals surface area contributed by atoms with Crippen LogP contribution in [0.3, 0.4) is 0 Å². The number of benzene rings is 1. The number of hydrogen-bond acceptors (Lipinski definition) is 2. The lowest BCUT2D eigenvalue weighted by Gasteiger charge is -2.23. The Morgan fingerprint density at radius 1 is 1.53 bits per heavy atom. The molecule has 17 heavy (non-hydrogen) atoms. The van der Waals surface area contributed by atoms with Crippen LogP contribution in [0.2, 0.25) is 0 Å². The third-order valence-corrected chi connectivity index (χ3v) is 3.51. The van der Waals surface area contributed by atoms with Crippen LogP contribution in [0.1, 0.15) is 32.3 Å². The number of carbonyl (C=O) groups excluding carboxylic acids is 1. The normalized spacial score (nSPS) is 18.5. The van der Waals surface area contributed by atoms with Gasteiger partial charge in [0, 0.05) is 5.69 Å². The SMILES string of the molecule is CCc1cccc(NC(=O)C(C)(N)C2CC2)c1. The highest BCUT2D eigenvalue weighted by atomic mass is 16.2. The molecule has 1 atom stereocenters. The molecule has 1 aromatic carbocycles. The molecule has 92 valence electrons. The zero-order chi connectivity index (χ0) is 12.5. The first-order valence-corrected chi connectivity index (χ1v) is 6.23. The smallest absolute Gasteiger partial charge is 0.244 e. The summed E-state index contributed by atoms with van der Waals surface area (Å²) in [5.74, 6) is 0.269. The zero-order valence-electron chi connectivity index (χ0n) is 10.5. The molecule has 0 spiro atoms. The third kappa shape index (κ3) is 2.67. The first-order valence-electron chi connectivity index (χ1n) is 6.23. The molecule has 0 aliphatic heterocycles. The van der Waals surface area contributed by atoms with Crippen molar-refractivity contribution < 1.29 is 4.79 Å². The molecule has 3 nitrogen and oxygen atoms in total. The monoisotopic (exact) mass is 232 g/mol. The van der Waals surface area contributed by atoms with Crippen molar-refractivity contribution >= 4 is 11.6 Å². The summed E-state index contributed by atoms with van der Waals surface area (Å²) in [4.78, 5) is 12.1. The number of amides is 1. The van der Waals surface area contributed by atoms with E-state index in [0.29, 0.717) is 5.92 Å². The molecule has 1 amide bonds. The van der Waals surface area contributed by atoms with Gasteiger partial charge in [0.25, 0.3) is 0 Å². The predicted molar refractivity (Wildman–Crippen MR) is 69.8 cm³/mol. The standard InChI is InChI=1S/C14H20N2O/c1-3-10-5-4-6-12(9-10)16-13(17)14(2,15)11-7-8-11/h4-6,9,11H,3,7-8,15H2,1-2H3,(H,16,17). The first-order chi connectivity index (χ1) is 8.04. The van der Waals surface area contributed by atoms with Gasteiger partial charge in [0.15, 0.2) is 0 Å². The van der Waals surface area contributed by atoms with E-state index in [0.717, 1.165) is 24.9 Å². The van der Waals surface area contributed by atoms with E-state index in [4.69, 9.17) is 5.73 Å². The second-order valence-corrected chi connectivity index (χ2v) is 5.07. The summed E-state index contributed by atoms with van der Waals surface area (Å²) in [6, 6.07) is 7.92. The molecule has 0 aromatic heterocycles. The van der Waals surface area contributed by atoms with E-state index in [1.807, 2.05) is 25.1 Å². The van der Waals surface area contributed by atoms with Crippen LogP contribution in [0.4, 0.5) is 5.69 Å². The van der Waals surface area contributed by atoms with E-state index in [1.54, 1.807) is 0 Å². The summed E-state index contributed by atoms with van der Waals surface area (Å²) in [7, 11) is 0. The van der Waals surface area contributed by atoms with Crippen LogP contribution < -0.4 is 11.1 Å². The molecule has 0 heterocycles. The fourth-order valence-electron chi connectivity index (χ4n) is 2.00. The molecule has 2 rings (SSSR count). The highest BCUT2D eigenvalue weighted by Crippen LogP contribution is 2.38. The summed E-state index contributed by atoms with van der Waals surface area (Å²) < 4.78 is 0. The Labute approximate surface area is 102 Å². The number of anilines is 1. The number of carbonyl (C=O) groups is 1. The van der Waals surface area contributed by atoms with E-state index in [-0.39, 0.29) is 5.91 Å². The van der Waals surface area contributed by atoms with E-state index in [1.165, 1.54) is 5.56 Å². The maximum atomic E-state index is 12.1. The Balaban J connectivity index is 2.07. The van der Waals surface area contributed by atoms with E-state index in [9.17, 15) is 4.79 Å². The molecule has 1 aliphatic carbocycles. The first kappa shape index (κ1) is 12.1. The molecule has 3 heteroatoms. The van der Waals surface area contributed by atoms with Gasteiger partial charge in [-0.1, -0.05) is 19.1 Å². The molecule has 1 aromatic rings. The maximum Gasteiger partial charge on any atom is 0.244 e. The van der Waals surface area contributed by atoms with Gasteiger partial charge in [-0.2, -0.15) is 0 Å². The Bertz CT molecular complexity index is 422. The second-order valence-electron chi connectivity index (χ2n) is 5.07. The molecule has 1 fully saturated rings. The predicted octanol–water partition coefficient (Wildman–Crippen LogP) is 2.31. The van der Waals surface area contributed by atoms with Crippen LogP contribution in [-0.4, -0.2) is 11.4 Å². The van der Waals surface area contributed by atoms with Crippen molar-refractivity contribution in [2.45, 2.75) is 38.6 Å². The van der Waals surface area contributed by atoms with Crippen molar-refractivity contribution in [3.8, 4) is 0 Å². The van der Waals surface area contributed by atoms with Crippen LogP contribution >= 0.6 is 0 Å². The minimum Gasteiger partial charge on any atom is -0.324 e. The molecular weight excluding hydrogens is 212 g/mol. The van der Waals surface area contributed by atoms with Crippen LogP contribution in [0, 0.1) is 5.92 Å². The highest BCUT2D eigenvalue weighted by molar-refractivity contribution is 5.98. The molecule has 1 aliphatic rings. The van der Waals surface area contributed by atoms with Crippen molar-refractivity contribution in [1.82, 2.24) is 0 Å². The maximum absolute atomic E-state index is 12.1. The van der Waals surface area contributed by atoms with Gasteiger partial charge < -0.3 is 11.1 Å². The van der Waals surface area contributed by atoms with Gasteiger partial charge in [-0.3, -0.25) is 4.79 Å². The minimum absolute atomic E-state index is 0.0757. The Morgan fingerprint density at radius 3 is 2.82 bits per heavy atom. The summed E-state index contributed by atoms with van der Waals surface area (Å²) in [6.45, 7) is 3.92. The van der Waals surface area contributed by atoms with Gasteiger partial charge in [0.2, 0.25) is 5.91 Å². The molecular formula is C14H20N2O. The molecule has 0 saturated heterocycles. The summed E-state index contributed by atoms with van der Waals surface area (Å²) in [5, 5.41) is 2.91. The average Bonchev–Trinajstić information content (AvgIpc) is 3.13. The van der Waals surface area contributed by atoms with Crippen molar-refractivity contribution in [2.75, 3.05) is 5.32 Å². The lowest BCUT2D eigenvalue weighted by Crippen LogP contribution is -2.50. The number of hydrogen-bond donors (Lipinski definition) is 2. The number of nitrogens with two attached hydrogens (primary N) is 1. The zero-order valence-corrected chi connectivity index (χ0v) is 10.5. The average molecular weight is 232 g/mol. The van der Waals surface area contributed by atoms with Crippen LogP contribution in [0.15, 0.2) is 24.3 Å². The molecule has 1 saturated carbocycles. The van der Waals surface area contributed by atoms with Gasteiger partial charge in [0.1, 0.15) is 0 Å². The number of aryl methyl sites for hydroxylation is 1. The highest BCUT2D eigenvalue weighted by Gasteiger charge is 2.44. The van der Waals surface area contributed by atoms with Crippen molar-refractivity contribution in [2.24, 2.45) is 11.7 Å². The third-order valence-electron chi connectivity index (χ3n) is 3.51. The molecule has 0 bridgehead atoms. The van der Waals surface area contributed by atoms with E-state index >= 15 is 0 Å². The van der Waals surface area contributed by atoms with Gasteiger partial charge in [-0.05, 0) is 49.8 Å². The van der Waals surface area contributed by atoms with Gasteiger partial charge in [-0.15, -0.1) is 0 Å². The van der Waals surface area contributed by atoms with Crippen LogP contribution in [-0.2, 0) is 11.2 Å². The lowest BCUT2D eigenvalue weighted by atomic mass is 9.96. The van der Waals surface area contributed by atoms with Crippen LogP contribution in [0.5, 0.6) is 0 Å². The molecule has 0 radical (unpaired) electrons. The Morgan fingerprint density at radius 2 is 2.24 bits per heavy atom. The van der Waals surface area contributed by atoms with Crippen molar-refractivity contribution in [3.63, 3.8) is 0 Å². The molecule has 1 unspecified atom stereocenters. The second kappa shape index (κ2) is 4.49. The largest absolute Gasteiger partial charge is 0.324 e. The van der Waals surface area contributed by atoms with Gasteiger partial charge in [-0.25, -0.2) is 0 Å². The fourth-order valence-corrected chi connectivity index (χ4v) is 2.00. The van der Waals surface area contributed by atoms with Gasteiger partial charge >= 0.3 is 0 Å². The van der Waals surface area contributed by atoms with Crippen molar-refractivity contribution in [3.05, 3.63) is 29.8 Å². The van der Waals surface area contributed by atoms with E-state index in [2.05, 4.69) is 18.3 Å². The lowest BCUT2D eigenvalue weighted by molar-refractivity contribution is -0.121. The quantitative estimate of drug-likeness (QED) is 0.837. The van der Waals surface area contributed by atoms with E-state index < -0.39 is 5.54 Å². The summed E-state index contributed by atoms with van der Waals surface area (Å²) in [5.41, 5.74) is 7.39. The number of nitrogens with one attached hydrogen (secondary N) is 1. The fraction of sp³-hybridized carbons (Fsp3) is 0.500. The summed E-state index contributed by atoms with van der Waals surface area (Å²) >= 11 is 0.